The van der Waals surface area contributed by atoms with Crippen molar-refractivity contribution < 1.29 is 14.4 Å². The van der Waals surface area contributed by atoms with Gasteiger partial charge in [0.1, 0.15) is 12.6 Å². The number of nitrogens with two attached hydrogens (primary N) is 1. The maximum absolute atomic E-state index is 13.5. The zero-order chi connectivity index (χ0) is 28.0. The number of hydrogen-bond acceptors (Lipinski definition) is 4. The van der Waals surface area contributed by atoms with E-state index in [9.17, 15) is 14.4 Å². The van der Waals surface area contributed by atoms with E-state index in [1.807, 2.05) is 44.2 Å². The van der Waals surface area contributed by atoms with E-state index in [4.69, 9.17) is 5.73 Å². The molecule has 1 aliphatic carbocycles. The Hall–Kier alpha value is -3.71. The third-order valence-electron chi connectivity index (χ3n) is 7.38. The van der Waals surface area contributed by atoms with Gasteiger partial charge in [-0.1, -0.05) is 66.8 Å². The molecule has 0 aromatic heterocycles. The minimum atomic E-state index is -0.662. The summed E-state index contributed by atoms with van der Waals surface area (Å²) in [6.07, 6.45) is 11.4. The highest BCUT2D eigenvalue weighted by atomic mass is 16.2. The Bertz CT molecular complexity index is 1340. The first-order valence-electron chi connectivity index (χ1n) is 13.7. The Balaban J connectivity index is 1.63. The number of hydrogen-bond donors (Lipinski definition) is 2. The molecule has 1 fully saturated rings. The largest absolute Gasteiger partial charge is 0.357 e. The highest BCUT2D eigenvalue weighted by Crippen LogP contribution is 2.21. The number of likely N-dealkylation sites (N-methyl/N-ethyl adjacent to an activating group) is 1. The minimum Gasteiger partial charge on any atom is -0.357 e. The van der Waals surface area contributed by atoms with Gasteiger partial charge in [-0.05, 0) is 67.2 Å². The second kappa shape index (κ2) is 12.4. The van der Waals surface area contributed by atoms with Gasteiger partial charge in [-0.25, -0.2) is 0 Å². The van der Waals surface area contributed by atoms with Crippen LogP contribution in [0.4, 0.5) is 0 Å². The van der Waals surface area contributed by atoms with Crippen molar-refractivity contribution in [3.05, 3.63) is 82.2 Å². The van der Waals surface area contributed by atoms with Gasteiger partial charge in [-0.15, -0.1) is 0 Å². The van der Waals surface area contributed by atoms with Crippen LogP contribution in [-0.4, -0.2) is 65.3 Å². The Morgan fingerprint density at radius 1 is 1.08 bits per heavy atom. The van der Waals surface area contributed by atoms with Crippen molar-refractivity contribution in [3.8, 4) is 0 Å². The summed E-state index contributed by atoms with van der Waals surface area (Å²) >= 11 is 0. The Labute approximate surface area is 231 Å². The molecule has 0 bridgehead atoms. The van der Waals surface area contributed by atoms with Crippen LogP contribution in [0.2, 0.25) is 0 Å². The Kier molecular flexibility index (Phi) is 9.02. The summed E-state index contributed by atoms with van der Waals surface area (Å²) in [4.78, 5) is 43.2. The van der Waals surface area contributed by atoms with E-state index >= 15 is 0 Å². The number of carbonyl (C=O) groups is 3. The van der Waals surface area contributed by atoms with Gasteiger partial charge >= 0.3 is 0 Å². The summed E-state index contributed by atoms with van der Waals surface area (Å²) in [7, 11) is 1.59. The van der Waals surface area contributed by atoms with E-state index in [1.165, 1.54) is 16.5 Å². The van der Waals surface area contributed by atoms with E-state index in [0.717, 1.165) is 24.0 Å². The highest BCUT2D eigenvalue weighted by Gasteiger charge is 2.39. The lowest BCUT2D eigenvalue weighted by molar-refractivity contribution is -0.151. The first-order valence-corrected chi connectivity index (χ1v) is 13.7. The molecular weight excluding hydrogens is 488 g/mol. The van der Waals surface area contributed by atoms with Crippen LogP contribution in [0.15, 0.2) is 60.7 Å². The van der Waals surface area contributed by atoms with E-state index in [-0.39, 0.29) is 36.9 Å². The summed E-state index contributed by atoms with van der Waals surface area (Å²) < 4.78 is 0. The number of benzene rings is 2. The second-order valence-electron chi connectivity index (χ2n) is 11.2. The van der Waals surface area contributed by atoms with Gasteiger partial charge in [0.25, 0.3) is 0 Å². The van der Waals surface area contributed by atoms with Gasteiger partial charge in [-0.3, -0.25) is 14.4 Å². The van der Waals surface area contributed by atoms with Crippen LogP contribution in [0, 0.1) is 0 Å². The van der Waals surface area contributed by atoms with Crippen molar-refractivity contribution in [3.63, 3.8) is 0 Å². The molecule has 3 N–H and O–H groups in total. The lowest BCUT2D eigenvalue weighted by Gasteiger charge is -2.43. The molecule has 206 valence electrons. The number of piperazine rings is 1. The maximum atomic E-state index is 13.5. The standard InChI is InChI=1S/C32H40N4O3/c1-32(2,33)17-9-14-29(37)35-22-30(38)36(28(31(39)34-3)20-23-10-5-4-6-11-23)21-27(35)19-24-15-16-25-12-7-8-13-26(25)18-24/h4-6,9-16,18,27-28H,7-8,17,19-22,33H2,1-3H3,(H,34,39)/b14-9+/t27-,28-/m1/s1. The molecule has 0 unspecified atom stereocenters. The van der Waals surface area contributed by atoms with Crippen LogP contribution in [0.25, 0.3) is 12.2 Å². The predicted octanol–water partition coefficient (Wildman–Crippen LogP) is 1.66. The number of carbonyl (C=O) groups excluding carboxylic acids is 3. The lowest BCUT2D eigenvalue weighted by Crippen LogP contribution is -2.63. The summed E-state index contributed by atoms with van der Waals surface area (Å²) in [5.74, 6) is -0.658. The molecule has 4 rings (SSSR count). The monoisotopic (exact) mass is 528 g/mol. The number of fused-ring (bicyclic) bond motifs is 1. The molecule has 1 heterocycles. The van der Waals surface area contributed by atoms with Crippen molar-refractivity contribution in [2.75, 3.05) is 20.1 Å². The fraction of sp³-hybridized carbons (Fsp3) is 0.406. The molecule has 2 aliphatic rings. The maximum Gasteiger partial charge on any atom is 0.247 e. The molecule has 0 spiro atoms. The third-order valence-corrected chi connectivity index (χ3v) is 7.38. The van der Waals surface area contributed by atoms with Gasteiger partial charge in [0.05, 0.1) is 6.04 Å². The smallest absolute Gasteiger partial charge is 0.247 e. The van der Waals surface area contributed by atoms with E-state index in [0.29, 0.717) is 19.3 Å². The molecule has 3 amide bonds. The van der Waals surface area contributed by atoms with Crippen LogP contribution in [0.3, 0.4) is 0 Å². The normalized spacial score (nSPS) is 18.3. The van der Waals surface area contributed by atoms with Crippen LogP contribution < -0.4 is 21.5 Å². The number of nitrogens with zero attached hydrogens (tertiary/aromatic N) is 2. The average Bonchev–Trinajstić information content (AvgIpc) is 2.92. The first kappa shape index (κ1) is 28.3. The molecule has 0 radical (unpaired) electrons. The minimum absolute atomic E-state index is 0.0764. The molecule has 39 heavy (non-hydrogen) atoms. The fourth-order valence-electron chi connectivity index (χ4n) is 5.30. The van der Waals surface area contributed by atoms with Crippen LogP contribution in [0.1, 0.15) is 44.2 Å². The molecule has 2 atom stereocenters. The first-order chi connectivity index (χ1) is 18.6. The van der Waals surface area contributed by atoms with Crippen molar-refractivity contribution in [1.29, 1.82) is 0 Å². The lowest BCUT2D eigenvalue weighted by atomic mass is 9.96. The fourth-order valence-corrected chi connectivity index (χ4v) is 5.30. The van der Waals surface area contributed by atoms with Gasteiger partial charge in [0, 0.05) is 25.6 Å². The predicted molar refractivity (Wildman–Crippen MR) is 155 cm³/mol. The summed E-state index contributed by atoms with van der Waals surface area (Å²) in [6.45, 7) is 4.01. The van der Waals surface area contributed by atoms with Crippen LogP contribution >= 0.6 is 0 Å². The highest BCUT2D eigenvalue weighted by molar-refractivity contribution is 5.94. The van der Waals surface area contributed by atoms with Crippen molar-refractivity contribution >= 4 is 29.9 Å². The van der Waals surface area contributed by atoms with Crippen molar-refractivity contribution in [2.24, 2.45) is 5.73 Å². The van der Waals surface area contributed by atoms with Gasteiger partial charge in [0.15, 0.2) is 0 Å². The summed E-state index contributed by atoms with van der Waals surface area (Å²) in [6, 6.07) is 15.2. The van der Waals surface area contributed by atoms with E-state index in [1.54, 1.807) is 22.9 Å². The molecular formula is C32H40N4O3. The molecule has 1 saturated heterocycles. The molecule has 0 saturated carbocycles. The Morgan fingerprint density at radius 3 is 2.49 bits per heavy atom. The zero-order valence-corrected chi connectivity index (χ0v) is 23.2. The summed E-state index contributed by atoms with van der Waals surface area (Å²) in [5, 5.41) is 5.17. The van der Waals surface area contributed by atoms with E-state index in [2.05, 4.69) is 35.7 Å². The van der Waals surface area contributed by atoms with Crippen LogP contribution in [0.5, 0.6) is 0 Å². The molecule has 1 aliphatic heterocycles. The average molecular weight is 529 g/mol. The number of nitrogens with one attached hydrogen (secondary N) is 1. The molecule has 7 heteroatoms. The number of rotatable bonds is 9. The SMILES string of the molecule is CNC(=O)[C@@H](Cc1ccccc1)N1C[C@@H](Cc2ccc3c(c2)=CCCC=3)N(C(=O)/C=C/CC(C)(C)N)CC1=O. The molecule has 7 nitrogen and oxygen atoms in total. The number of amides is 3. The zero-order valence-electron chi connectivity index (χ0n) is 23.2. The van der Waals surface area contributed by atoms with Gasteiger partial charge in [0.2, 0.25) is 17.7 Å². The quantitative estimate of drug-likeness (QED) is 0.484. The van der Waals surface area contributed by atoms with E-state index < -0.39 is 11.6 Å². The summed E-state index contributed by atoms with van der Waals surface area (Å²) in [5.41, 5.74) is 7.73. The third kappa shape index (κ3) is 7.45. The molecule has 2 aromatic carbocycles. The van der Waals surface area contributed by atoms with Crippen molar-refractivity contribution in [1.82, 2.24) is 15.1 Å². The van der Waals surface area contributed by atoms with Gasteiger partial charge < -0.3 is 20.9 Å². The molecule has 2 aromatic rings. The van der Waals surface area contributed by atoms with Crippen LogP contribution in [-0.2, 0) is 27.2 Å². The second-order valence-corrected chi connectivity index (χ2v) is 11.2. The van der Waals surface area contributed by atoms with Crippen molar-refractivity contribution in [2.45, 2.75) is 63.6 Å². The topological polar surface area (TPSA) is 95.7 Å². The Morgan fingerprint density at radius 2 is 1.79 bits per heavy atom. The van der Waals surface area contributed by atoms with Gasteiger partial charge in [-0.2, -0.15) is 0 Å².